The first kappa shape index (κ1) is 21.8. The first-order valence-corrected chi connectivity index (χ1v) is 10.5. The number of nitrogens with zero attached hydrogens (tertiary/aromatic N) is 2. The van der Waals surface area contributed by atoms with Crippen LogP contribution in [0.1, 0.15) is 38.3 Å². The SMILES string of the molecule is CCCCN(C(=O)NC1=CC(Cl)C(=O)C=C1)C(C)c1cnc(OC)c2ccccc12. The number of ketones is 1. The van der Waals surface area contributed by atoms with Crippen molar-refractivity contribution in [1.29, 1.82) is 0 Å². The zero-order valence-electron chi connectivity index (χ0n) is 17.4. The number of halogens is 1. The number of urea groups is 1. The summed E-state index contributed by atoms with van der Waals surface area (Å²) in [7, 11) is 1.60. The largest absolute Gasteiger partial charge is 0.481 e. The average molecular weight is 428 g/mol. The molecule has 0 fully saturated rings. The van der Waals surface area contributed by atoms with Gasteiger partial charge in [0.1, 0.15) is 5.38 Å². The third kappa shape index (κ3) is 4.65. The second kappa shape index (κ2) is 9.76. The number of ether oxygens (including phenoxy) is 1. The number of nitrogens with one attached hydrogen (secondary N) is 1. The van der Waals surface area contributed by atoms with E-state index in [1.165, 1.54) is 6.08 Å². The number of hydrogen-bond acceptors (Lipinski definition) is 4. The lowest BCUT2D eigenvalue weighted by Gasteiger charge is -2.31. The molecule has 2 atom stereocenters. The van der Waals surface area contributed by atoms with Gasteiger partial charge in [-0.15, -0.1) is 11.6 Å². The highest BCUT2D eigenvalue weighted by molar-refractivity contribution is 6.34. The highest BCUT2D eigenvalue weighted by atomic mass is 35.5. The third-order valence-electron chi connectivity index (χ3n) is 5.19. The number of methoxy groups -OCH3 is 1. The summed E-state index contributed by atoms with van der Waals surface area (Å²) in [4.78, 5) is 30.9. The van der Waals surface area contributed by atoms with Crippen molar-refractivity contribution in [2.45, 2.75) is 38.1 Å². The minimum absolute atomic E-state index is 0.193. The van der Waals surface area contributed by atoms with E-state index in [2.05, 4.69) is 17.2 Å². The zero-order chi connectivity index (χ0) is 21.7. The molecule has 2 unspecified atom stereocenters. The number of carbonyl (C=O) groups is 2. The second-order valence-corrected chi connectivity index (χ2v) is 7.65. The van der Waals surface area contributed by atoms with Crippen molar-refractivity contribution >= 4 is 34.2 Å². The van der Waals surface area contributed by atoms with Gasteiger partial charge in [0.2, 0.25) is 5.88 Å². The van der Waals surface area contributed by atoms with E-state index >= 15 is 0 Å². The lowest BCUT2D eigenvalue weighted by atomic mass is 10.0. The molecular weight excluding hydrogens is 402 g/mol. The minimum Gasteiger partial charge on any atom is -0.481 e. The molecule has 6 nitrogen and oxygen atoms in total. The van der Waals surface area contributed by atoms with Crippen LogP contribution in [0.15, 0.2) is 54.4 Å². The molecule has 158 valence electrons. The Labute approximate surface area is 181 Å². The standard InChI is InChI=1S/C23H26ClN3O3/c1-4-5-12-27(23(29)26-16-10-11-21(28)20(24)13-16)15(2)19-14-25-22(30-3)18-9-7-6-8-17(18)19/h6-11,13-15,20H,4-5,12H2,1-3H3,(H,26,29). The highest BCUT2D eigenvalue weighted by Gasteiger charge is 2.25. The molecule has 1 heterocycles. The van der Waals surface area contributed by atoms with E-state index < -0.39 is 5.38 Å². The second-order valence-electron chi connectivity index (χ2n) is 7.18. The van der Waals surface area contributed by atoms with Crippen LogP contribution in [0.4, 0.5) is 4.79 Å². The molecule has 0 saturated heterocycles. The molecular formula is C23H26ClN3O3. The van der Waals surface area contributed by atoms with Crippen LogP contribution in [0.3, 0.4) is 0 Å². The molecule has 0 radical (unpaired) electrons. The number of hydrogen-bond donors (Lipinski definition) is 1. The molecule has 0 aliphatic heterocycles. The predicted octanol–water partition coefficient (Wildman–Crippen LogP) is 4.75. The van der Waals surface area contributed by atoms with Gasteiger partial charge in [-0.25, -0.2) is 9.78 Å². The van der Waals surface area contributed by atoms with Gasteiger partial charge in [-0.05, 0) is 43.0 Å². The van der Waals surface area contributed by atoms with Crippen LogP contribution in [0.2, 0.25) is 0 Å². The lowest BCUT2D eigenvalue weighted by molar-refractivity contribution is -0.113. The van der Waals surface area contributed by atoms with E-state index in [1.54, 1.807) is 30.4 Å². The number of unbranched alkanes of at least 4 members (excludes halogenated alkanes) is 1. The molecule has 1 aliphatic rings. The molecule has 2 aromatic rings. The van der Waals surface area contributed by atoms with Gasteiger partial charge in [0.05, 0.1) is 13.2 Å². The van der Waals surface area contributed by atoms with Gasteiger partial charge in [0.25, 0.3) is 0 Å². The van der Waals surface area contributed by atoms with Gasteiger partial charge in [-0.2, -0.15) is 0 Å². The number of alkyl halides is 1. The summed E-state index contributed by atoms with van der Waals surface area (Å²) >= 11 is 6.00. The van der Waals surface area contributed by atoms with Crippen molar-refractivity contribution in [3.05, 3.63) is 60.0 Å². The molecule has 7 heteroatoms. The first-order chi connectivity index (χ1) is 14.5. The maximum Gasteiger partial charge on any atom is 0.322 e. The Bertz CT molecular complexity index is 1000. The molecule has 2 amide bonds. The molecule has 1 aliphatic carbocycles. The molecule has 0 bridgehead atoms. The van der Waals surface area contributed by atoms with Crippen LogP contribution in [0.25, 0.3) is 10.8 Å². The van der Waals surface area contributed by atoms with Gasteiger partial charge in [0.15, 0.2) is 5.78 Å². The van der Waals surface area contributed by atoms with Crippen LogP contribution < -0.4 is 10.1 Å². The number of carbonyl (C=O) groups excluding carboxylic acids is 2. The maximum atomic E-state index is 13.1. The summed E-state index contributed by atoms with van der Waals surface area (Å²) in [6, 6.07) is 7.41. The van der Waals surface area contributed by atoms with Gasteiger partial charge < -0.3 is 15.0 Å². The van der Waals surface area contributed by atoms with Crippen LogP contribution >= 0.6 is 11.6 Å². The fraction of sp³-hybridized carbons (Fsp3) is 0.348. The minimum atomic E-state index is -0.762. The van der Waals surface area contributed by atoms with E-state index in [1.807, 2.05) is 31.2 Å². The Kier molecular flexibility index (Phi) is 7.11. The van der Waals surface area contributed by atoms with Crippen molar-refractivity contribution in [2.75, 3.05) is 13.7 Å². The number of amides is 2. The maximum absolute atomic E-state index is 13.1. The Morgan fingerprint density at radius 3 is 2.70 bits per heavy atom. The molecule has 3 rings (SSSR count). The summed E-state index contributed by atoms with van der Waals surface area (Å²) in [5, 5.41) is 4.02. The van der Waals surface area contributed by atoms with Crippen LogP contribution in [-0.4, -0.2) is 40.7 Å². The monoisotopic (exact) mass is 427 g/mol. The predicted molar refractivity (Wildman–Crippen MR) is 119 cm³/mol. The normalized spacial score (nSPS) is 16.9. The van der Waals surface area contributed by atoms with Crippen molar-refractivity contribution in [3.8, 4) is 5.88 Å². The first-order valence-electron chi connectivity index (χ1n) is 10.0. The molecule has 0 saturated carbocycles. The summed E-state index contributed by atoms with van der Waals surface area (Å²) in [5.74, 6) is 0.364. The molecule has 1 aromatic carbocycles. The van der Waals surface area contributed by atoms with Gasteiger partial charge >= 0.3 is 6.03 Å². The van der Waals surface area contributed by atoms with Crippen LogP contribution in [0, 0.1) is 0 Å². The summed E-state index contributed by atoms with van der Waals surface area (Å²) < 4.78 is 5.40. The zero-order valence-corrected chi connectivity index (χ0v) is 18.1. The fourth-order valence-electron chi connectivity index (χ4n) is 3.49. The lowest BCUT2D eigenvalue weighted by Crippen LogP contribution is -2.42. The van der Waals surface area contributed by atoms with E-state index in [9.17, 15) is 9.59 Å². The summed E-state index contributed by atoms with van der Waals surface area (Å²) in [5.41, 5.74) is 1.46. The van der Waals surface area contributed by atoms with Gasteiger partial charge in [0, 0.05) is 29.4 Å². The van der Waals surface area contributed by atoms with E-state index in [0.29, 0.717) is 18.1 Å². The Morgan fingerprint density at radius 2 is 2.03 bits per heavy atom. The van der Waals surface area contributed by atoms with Crippen molar-refractivity contribution in [1.82, 2.24) is 15.2 Å². The number of rotatable bonds is 7. The van der Waals surface area contributed by atoms with Crippen molar-refractivity contribution in [2.24, 2.45) is 0 Å². The molecule has 1 N–H and O–H groups in total. The quantitative estimate of drug-likeness (QED) is 0.647. The average Bonchev–Trinajstić information content (AvgIpc) is 2.75. The van der Waals surface area contributed by atoms with E-state index in [0.717, 1.165) is 29.2 Å². The highest BCUT2D eigenvalue weighted by Crippen LogP contribution is 2.32. The number of aromatic nitrogens is 1. The summed E-state index contributed by atoms with van der Waals surface area (Å²) in [6.07, 6.45) is 8.10. The fourth-order valence-corrected chi connectivity index (χ4v) is 3.70. The molecule has 1 aromatic heterocycles. The number of benzene rings is 1. The third-order valence-corrected chi connectivity index (χ3v) is 5.53. The van der Waals surface area contributed by atoms with Crippen LogP contribution in [-0.2, 0) is 4.79 Å². The van der Waals surface area contributed by atoms with Crippen molar-refractivity contribution < 1.29 is 14.3 Å². The number of allylic oxidation sites excluding steroid dienone is 3. The Balaban J connectivity index is 1.91. The topological polar surface area (TPSA) is 71.5 Å². The molecule has 30 heavy (non-hydrogen) atoms. The van der Waals surface area contributed by atoms with Gasteiger partial charge in [-0.1, -0.05) is 31.5 Å². The van der Waals surface area contributed by atoms with Crippen molar-refractivity contribution in [3.63, 3.8) is 0 Å². The Hall–Kier alpha value is -2.86. The van der Waals surface area contributed by atoms with Crippen LogP contribution in [0.5, 0.6) is 5.88 Å². The number of fused-ring (bicyclic) bond motifs is 1. The van der Waals surface area contributed by atoms with E-state index in [4.69, 9.17) is 16.3 Å². The smallest absolute Gasteiger partial charge is 0.322 e. The summed E-state index contributed by atoms with van der Waals surface area (Å²) in [6.45, 7) is 4.66. The molecule has 0 spiro atoms. The van der Waals surface area contributed by atoms with Gasteiger partial charge in [-0.3, -0.25) is 4.79 Å². The number of pyridine rings is 1. The Morgan fingerprint density at radius 1 is 1.30 bits per heavy atom. The van der Waals surface area contributed by atoms with E-state index in [-0.39, 0.29) is 17.9 Å².